The number of hydrogen-bond donors (Lipinski definition) is 3. The molecule has 3 N–H and O–H groups in total. The number of amides is 2. The first-order valence-electron chi connectivity index (χ1n) is 9.61. The van der Waals surface area contributed by atoms with Gasteiger partial charge in [-0.3, -0.25) is 4.40 Å². The van der Waals surface area contributed by atoms with Crippen molar-refractivity contribution < 1.29 is 14.3 Å². The number of carbonyl (C=O) groups excluding carboxylic acids is 1. The summed E-state index contributed by atoms with van der Waals surface area (Å²) in [6.45, 7) is 0.168. The Hall–Kier alpha value is -3.98. The second-order valence-electron chi connectivity index (χ2n) is 6.98. The van der Waals surface area contributed by atoms with Gasteiger partial charge in [-0.25, -0.2) is 18.7 Å². The van der Waals surface area contributed by atoms with Crippen LogP contribution in [0.1, 0.15) is 17.2 Å². The zero-order valence-electron chi connectivity index (χ0n) is 16.4. The van der Waals surface area contributed by atoms with Gasteiger partial charge in [0.2, 0.25) is 0 Å². The molecule has 0 aliphatic carbocycles. The van der Waals surface area contributed by atoms with Gasteiger partial charge in [-0.05, 0) is 47.5 Å². The van der Waals surface area contributed by atoms with Crippen LogP contribution < -0.4 is 16.3 Å². The number of halogens is 1. The molecule has 2 aromatic heterocycles. The third-order valence-corrected chi connectivity index (χ3v) is 4.70. The summed E-state index contributed by atoms with van der Waals surface area (Å²) in [4.78, 5) is 24.6. The summed E-state index contributed by atoms with van der Waals surface area (Å²) in [6.07, 6.45) is 0.622. The fourth-order valence-electron chi connectivity index (χ4n) is 3.19. The zero-order chi connectivity index (χ0) is 21.8. The number of hydrogen-bond acceptors (Lipinski definition) is 4. The third kappa shape index (κ3) is 4.78. The summed E-state index contributed by atoms with van der Waals surface area (Å²) in [5, 5.41) is 19.6. The summed E-state index contributed by atoms with van der Waals surface area (Å²) in [5.41, 5.74) is 1.98. The van der Waals surface area contributed by atoms with Crippen molar-refractivity contribution in [3.8, 4) is 0 Å². The molecule has 0 bridgehead atoms. The standard InChI is InChI=1S/C22H20FN5O3/c23-17-7-4-6-16(12-17)19(29)13-24-21(30)25-18-8-3-5-15(11-18)14-28-22(31)27-10-2-1-9-20(27)26-28/h1-12,19,29H,13-14H2,(H2,24,25,30). The normalized spacial score (nSPS) is 11.9. The lowest BCUT2D eigenvalue weighted by Gasteiger charge is -2.13. The fourth-order valence-corrected chi connectivity index (χ4v) is 3.19. The quantitative estimate of drug-likeness (QED) is 0.445. The number of aliphatic hydroxyl groups excluding tert-OH is 1. The molecule has 1 atom stereocenters. The van der Waals surface area contributed by atoms with Gasteiger partial charge in [0.15, 0.2) is 5.65 Å². The van der Waals surface area contributed by atoms with E-state index in [0.717, 1.165) is 5.56 Å². The molecule has 4 aromatic rings. The molecule has 0 saturated carbocycles. The van der Waals surface area contributed by atoms with Crippen LogP contribution >= 0.6 is 0 Å². The van der Waals surface area contributed by atoms with Crippen molar-refractivity contribution in [3.05, 3.63) is 100 Å². The minimum atomic E-state index is -1.03. The highest BCUT2D eigenvalue weighted by Gasteiger charge is 2.11. The molecule has 0 aliphatic rings. The Morgan fingerprint density at radius 1 is 1.10 bits per heavy atom. The van der Waals surface area contributed by atoms with E-state index in [-0.39, 0.29) is 18.8 Å². The van der Waals surface area contributed by atoms with Gasteiger partial charge in [0.05, 0.1) is 12.6 Å². The van der Waals surface area contributed by atoms with E-state index >= 15 is 0 Å². The third-order valence-electron chi connectivity index (χ3n) is 4.70. The number of urea groups is 1. The zero-order valence-corrected chi connectivity index (χ0v) is 16.4. The first-order chi connectivity index (χ1) is 15.0. The molecule has 2 heterocycles. The van der Waals surface area contributed by atoms with E-state index in [9.17, 15) is 19.1 Å². The van der Waals surface area contributed by atoms with E-state index in [4.69, 9.17) is 0 Å². The number of aromatic nitrogens is 3. The molecular formula is C22H20FN5O3. The Morgan fingerprint density at radius 2 is 1.94 bits per heavy atom. The van der Waals surface area contributed by atoms with Crippen LogP contribution in [0.15, 0.2) is 77.7 Å². The number of nitrogens with zero attached hydrogens (tertiary/aromatic N) is 3. The van der Waals surface area contributed by atoms with Crippen molar-refractivity contribution in [2.45, 2.75) is 12.6 Å². The van der Waals surface area contributed by atoms with Crippen LogP contribution in [0.4, 0.5) is 14.9 Å². The second-order valence-corrected chi connectivity index (χ2v) is 6.98. The summed E-state index contributed by atoms with van der Waals surface area (Å²) in [7, 11) is 0. The number of rotatable bonds is 6. The molecule has 9 heteroatoms. The SMILES string of the molecule is O=C(NCC(O)c1cccc(F)c1)Nc1cccc(Cn2nc3ccccn3c2=O)c1. The van der Waals surface area contributed by atoms with Crippen molar-refractivity contribution >= 4 is 17.4 Å². The summed E-state index contributed by atoms with van der Waals surface area (Å²) in [6, 6.07) is 17.4. The van der Waals surface area contributed by atoms with E-state index in [1.165, 1.54) is 27.3 Å². The lowest BCUT2D eigenvalue weighted by Crippen LogP contribution is -2.32. The molecular weight excluding hydrogens is 401 g/mol. The van der Waals surface area contributed by atoms with Crippen LogP contribution in [0.5, 0.6) is 0 Å². The highest BCUT2D eigenvalue weighted by atomic mass is 19.1. The average Bonchev–Trinajstić information content (AvgIpc) is 3.08. The molecule has 158 valence electrons. The molecule has 0 radical (unpaired) electrons. The topological polar surface area (TPSA) is 101 Å². The Balaban J connectivity index is 1.38. The lowest BCUT2D eigenvalue weighted by molar-refractivity contribution is 0.174. The Kier molecular flexibility index (Phi) is 5.76. The number of nitrogens with one attached hydrogen (secondary N) is 2. The smallest absolute Gasteiger partial charge is 0.350 e. The largest absolute Gasteiger partial charge is 0.387 e. The van der Waals surface area contributed by atoms with Crippen molar-refractivity contribution in [2.24, 2.45) is 0 Å². The van der Waals surface area contributed by atoms with Gasteiger partial charge in [-0.2, -0.15) is 0 Å². The fraction of sp³-hybridized carbons (Fsp3) is 0.136. The first-order valence-corrected chi connectivity index (χ1v) is 9.61. The molecule has 0 fully saturated rings. The lowest BCUT2D eigenvalue weighted by atomic mass is 10.1. The first kappa shape index (κ1) is 20.3. The van der Waals surface area contributed by atoms with Gasteiger partial charge < -0.3 is 15.7 Å². The molecule has 4 rings (SSSR count). The Morgan fingerprint density at radius 3 is 2.74 bits per heavy atom. The molecule has 1 unspecified atom stereocenters. The number of benzene rings is 2. The van der Waals surface area contributed by atoms with E-state index < -0.39 is 18.0 Å². The monoisotopic (exact) mass is 421 g/mol. The van der Waals surface area contributed by atoms with Gasteiger partial charge in [0, 0.05) is 18.4 Å². The van der Waals surface area contributed by atoms with Crippen molar-refractivity contribution in [2.75, 3.05) is 11.9 Å². The summed E-state index contributed by atoms with van der Waals surface area (Å²) >= 11 is 0. The number of pyridine rings is 1. The van der Waals surface area contributed by atoms with Crippen molar-refractivity contribution in [1.29, 1.82) is 0 Å². The van der Waals surface area contributed by atoms with Gasteiger partial charge in [-0.15, -0.1) is 5.10 Å². The Labute approximate surface area is 176 Å². The van der Waals surface area contributed by atoms with E-state index in [2.05, 4.69) is 15.7 Å². The van der Waals surface area contributed by atoms with Gasteiger partial charge in [0.25, 0.3) is 0 Å². The maximum absolute atomic E-state index is 13.3. The van der Waals surface area contributed by atoms with Crippen LogP contribution in [0.3, 0.4) is 0 Å². The predicted molar refractivity (Wildman–Crippen MR) is 113 cm³/mol. The minimum absolute atomic E-state index is 0.0778. The van der Waals surface area contributed by atoms with E-state index in [1.807, 2.05) is 6.07 Å². The highest BCUT2D eigenvalue weighted by Crippen LogP contribution is 2.14. The molecule has 0 spiro atoms. The van der Waals surface area contributed by atoms with Gasteiger partial charge in [-0.1, -0.05) is 30.3 Å². The maximum Gasteiger partial charge on any atom is 0.350 e. The predicted octanol–water partition coefficient (Wildman–Crippen LogP) is 2.54. The highest BCUT2D eigenvalue weighted by molar-refractivity contribution is 5.89. The number of fused-ring (bicyclic) bond motifs is 1. The van der Waals surface area contributed by atoms with Gasteiger partial charge >= 0.3 is 11.7 Å². The molecule has 2 amide bonds. The van der Waals surface area contributed by atoms with Crippen LogP contribution in [0.2, 0.25) is 0 Å². The van der Waals surface area contributed by atoms with Gasteiger partial charge in [0.1, 0.15) is 5.82 Å². The van der Waals surface area contributed by atoms with Crippen LogP contribution in [-0.2, 0) is 6.54 Å². The number of anilines is 1. The van der Waals surface area contributed by atoms with Crippen molar-refractivity contribution in [3.63, 3.8) is 0 Å². The summed E-state index contributed by atoms with van der Waals surface area (Å²) in [5.74, 6) is -0.456. The molecule has 8 nitrogen and oxygen atoms in total. The minimum Gasteiger partial charge on any atom is -0.387 e. The molecule has 0 aliphatic heterocycles. The molecule has 31 heavy (non-hydrogen) atoms. The average molecular weight is 421 g/mol. The van der Waals surface area contributed by atoms with E-state index in [0.29, 0.717) is 16.9 Å². The van der Waals surface area contributed by atoms with E-state index in [1.54, 1.807) is 48.7 Å². The molecule has 2 aromatic carbocycles. The van der Waals surface area contributed by atoms with Crippen LogP contribution in [-0.4, -0.2) is 31.9 Å². The Bertz CT molecular complexity index is 1280. The van der Waals surface area contributed by atoms with Crippen LogP contribution in [0, 0.1) is 5.82 Å². The van der Waals surface area contributed by atoms with Crippen molar-refractivity contribution in [1.82, 2.24) is 19.5 Å². The maximum atomic E-state index is 13.3. The summed E-state index contributed by atoms with van der Waals surface area (Å²) < 4.78 is 16.1. The number of carbonyl (C=O) groups is 1. The molecule has 0 saturated heterocycles. The van der Waals surface area contributed by atoms with Crippen LogP contribution in [0.25, 0.3) is 5.65 Å². The second kappa shape index (κ2) is 8.80. The number of aliphatic hydroxyl groups is 1.